The number of thioether (sulfide) groups is 1. The van der Waals surface area contributed by atoms with E-state index >= 15 is 0 Å². The molecule has 0 aliphatic carbocycles. The highest BCUT2D eigenvalue weighted by molar-refractivity contribution is 8.15. The molecule has 3 rings (SSSR count). The Morgan fingerprint density at radius 2 is 2.10 bits per heavy atom. The summed E-state index contributed by atoms with van der Waals surface area (Å²) < 4.78 is 5.23. The van der Waals surface area contributed by atoms with Gasteiger partial charge in [-0.05, 0) is 36.8 Å². The van der Waals surface area contributed by atoms with Crippen molar-refractivity contribution < 1.29 is 14.3 Å². The molecule has 1 atom stereocenters. The Morgan fingerprint density at radius 1 is 1.31 bits per heavy atom. The lowest BCUT2D eigenvalue weighted by molar-refractivity contribution is -0.127. The maximum absolute atomic E-state index is 12.8. The summed E-state index contributed by atoms with van der Waals surface area (Å²) in [5, 5.41) is 2.89. The van der Waals surface area contributed by atoms with Crippen molar-refractivity contribution in [3.63, 3.8) is 0 Å². The van der Waals surface area contributed by atoms with Gasteiger partial charge in [-0.25, -0.2) is 4.99 Å². The molecule has 2 aromatic carbocycles. The number of rotatable bonds is 7. The van der Waals surface area contributed by atoms with Crippen molar-refractivity contribution in [2.45, 2.75) is 18.6 Å². The number of carbonyl (C=O) groups excluding carboxylic acids is 2. The first-order chi connectivity index (χ1) is 14.0. The fourth-order valence-corrected chi connectivity index (χ4v) is 4.08. The molecule has 1 fully saturated rings. The van der Waals surface area contributed by atoms with Gasteiger partial charge in [0.25, 0.3) is 0 Å². The molecule has 1 unspecified atom stereocenters. The third kappa shape index (κ3) is 5.26. The molecule has 0 radical (unpaired) electrons. The second-order valence-electron chi connectivity index (χ2n) is 6.56. The molecular formula is C22H23N3O3S. The summed E-state index contributed by atoms with van der Waals surface area (Å²) in [5.41, 5.74) is 2.45. The Morgan fingerprint density at radius 3 is 2.83 bits per heavy atom. The van der Waals surface area contributed by atoms with Crippen molar-refractivity contribution in [2.75, 3.05) is 19.0 Å². The average molecular weight is 410 g/mol. The Balaban J connectivity index is 1.75. The average Bonchev–Trinajstić information content (AvgIpc) is 2.97. The first-order valence-electron chi connectivity index (χ1n) is 9.18. The van der Waals surface area contributed by atoms with E-state index in [2.05, 4.69) is 16.9 Å². The standard InChI is InChI=1S/C22H23N3O3S/c1-4-11-25-21(27)19(14-20(26)23-16-8-5-7-15(2)12-16)29-22(25)24-17-9-6-10-18(13-17)28-3/h4-10,12-13,19H,1,11,14H2,2-3H3,(H,23,26). The molecule has 2 amide bonds. The van der Waals surface area contributed by atoms with Crippen LogP contribution in [-0.2, 0) is 9.59 Å². The summed E-state index contributed by atoms with van der Waals surface area (Å²) in [6.45, 7) is 6.02. The molecule has 1 N–H and O–H groups in total. The fraction of sp³-hybridized carbons (Fsp3) is 0.227. The van der Waals surface area contributed by atoms with Gasteiger partial charge in [0.15, 0.2) is 5.17 Å². The molecular weight excluding hydrogens is 386 g/mol. The zero-order chi connectivity index (χ0) is 20.8. The first-order valence-corrected chi connectivity index (χ1v) is 10.1. The van der Waals surface area contributed by atoms with Gasteiger partial charge in [-0.3, -0.25) is 14.5 Å². The zero-order valence-corrected chi connectivity index (χ0v) is 17.2. The van der Waals surface area contributed by atoms with Crippen LogP contribution in [0.1, 0.15) is 12.0 Å². The molecule has 7 heteroatoms. The van der Waals surface area contributed by atoms with E-state index in [1.165, 1.54) is 11.8 Å². The Kier molecular flexibility index (Phi) is 6.72. The van der Waals surface area contributed by atoms with Gasteiger partial charge < -0.3 is 10.1 Å². The van der Waals surface area contributed by atoms with E-state index < -0.39 is 5.25 Å². The topological polar surface area (TPSA) is 71.0 Å². The normalized spacial score (nSPS) is 17.4. The van der Waals surface area contributed by atoms with Gasteiger partial charge in [-0.2, -0.15) is 0 Å². The van der Waals surface area contributed by atoms with Crippen LogP contribution in [0.2, 0.25) is 0 Å². The van der Waals surface area contributed by atoms with Crippen LogP contribution in [0.5, 0.6) is 5.75 Å². The molecule has 29 heavy (non-hydrogen) atoms. The Labute approximate surface area is 174 Å². The number of ether oxygens (including phenoxy) is 1. The smallest absolute Gasteiger partial charge is 0.242 e. The molecule has 0 bridgehead atoms. The molecule has 1 heterocycles. The van der Waals surface area contributed by atoms with Crippen molar-refractivity contribution in [1.82, 2.24) is 4.90 Å². The van der Waals surface area contributed by atoms with Gasteiger partial charge in [0.2, 0.25) is 11.8 Å². The summed E-state index contributed by atoms with van der Waals surface area (Å²) in [6, 6.07) is 14.9. The lowest BCUT2D eigenvalue weighted by atomic mass is 10.2. The van der Waals surface area contributed by atoms with Crippen molar-refractivity contribution in [3.8, 4) is 5.75 Å². The molecule has 1 saturated heterocycles. The maximum Gasteiger partial charge on any atom is 0.242 e. The summed E-state index contributed by atoms with van der Waals surface area (Å²) in [5.74, 6) is 0.337. The highest BCUT2D eigenvalue weighted by Gasteiger charge is 2.38. The van der Waals surface area contributed by atoms with Crippen LogP contribution in [0.25, 0.3) is 0 Å². The van der Waals surface area contributed by atoms with E-state index in [-0.39, 0.29) is 18.2 Å². The third-order valence-corrected chi connectivity index (χ3v) is 5.46. The number of hydrogen-bond donors (Lipinski definition) is 1. The van der Waals surface area contributed by atoms with Gasteiger partial charge >= 0.3 is 0 Å². The summed E-state index contributed by atoms with van der Waals surface area (Å²) in [4.78, 5) is 31.5. The molecule has 0 spiro atoms. The number of carbonyl (C=O) groups is 2. The van der Waals surface area contributed by atoms with Gasteiger partial charge in [0, 0.05) is 24.7 Å². The van der Waals surface area contributed by atoms with E-state index in [0.29, 0.717) is 23.1 Å². The summed E-state index contributed by atoms with van der Waals surface area (Å²) in [7, 11) is 1.59. The largest absolute Gasteiger partial charge is 0.497 e. The second-order valence-corrected chi connectivity index (χ2v) is 7.73. The Hall–Kier alpha value is -3.06. The lowest BCUT2D eigenvalue weighted by Crippen LogP contribution is -2.33. The van der Waals surface area contributed by atoms with Crippen LogP contribution in [0.15, 0.2) is 66.2 Å². The zero-order valence-electron chi connectivity index (χ0n) is 16.4. The summed E-state index contributed by atoms with van der Waals surface area (Å²) >= 11 is 1.29. The van der Waals surface area contributed by atoms with Gasteiger partial charge in [0.1, 0.15) is 11.0 Å². The highest BCUT2D eigenvalue weighted by Crippen LogP contribution is 2.32. The second kappa shape index (κ2) is 9.43. The van der Waals surface area contributed by atoms with Crippen molar-refractivity contribution in [3.05, 3.63) is 66.7 Å². The highest BCUT2D eigenvalue weighted by atomic mass is 32.2. The lowest BCUT2D eigenvalue weighted by Gasteiger charge is -2.14. The quantitative estimate of drug-likeness (QED) is 0.698. The van der Waals surface area contributed by atoms with Crippen molar-refractivity contribution >= 4 is 40.1 Å². The molecule has 6 nitrogen and oxygen atoms in total. The predicted octanol–water partition coefficient (Wildman–Crippen LogP) is 4.15. The minimum atomic E-state index is -0.524. The molecule has 1 aliphatic rings. The van der Waals surface area contributed by atoms with Gasteiger partial charge in [-0.1, -0.05) is 36.0 Å². The van der Waals surface area contributed by atoms with E-state index in [1.54, 1.807) is 24.2 Å². The van der Waals surface area contributed by atoms with Gasteiger partial charge in [-0.15, -0.1) is 6.58 Å². The molecule has 0 saturated carbocycles. The number of amidine groups is 1. The Bertz CT molecular complexity index is 958. The minimum absolute atomic E-state index is 0.0716. The van der Waals surface area contributed by atoms with E-state index in [1.807, 2.05) is 49.4 Å². The SMILES string of the molecule is C=CCN1C(=O)C(CC(=O)Nc2cccc(C)c2)SC1=Nc1cccc(OC)c1. The number of nitrogens with one attached hydrogen (secondary N) is 1. The maximum atomic E-state index is 12.8. The van der Waals surface area contributed by atoms with Crippen LogP contribution >= 0.6 is 11.8 Å². The number of methoxy groups -OCH3 is 1. The molecule has 2 aromatic rings. The van der Waals surface area contributed by atoms with Gasteiger partial charge in [0.05, 0.1) is 12.8 Å². The van der Waals surface area contributed by atoms with Crippen molar-refractivity contribution in [2.24, 2.45) is 4.99 Å². The van der Waals surface area contributed by atoms with Crippen LogP contribution < -0.4 is 10.1 Å². The molecule has 150 valence electrons. The van der Waals surface area contributed by atoms with Crippen LogP contribution in [0.3, 0.4) is 0 Å². The number of hydrogen-bond acceptors (Lipinski definition) is 5. The van der Waals surface area contributed by atoms with E-state index in [9.17, 15) is 9.59 Å². The van der Waals surface area contributed by atoms with E-state index in [4.69, 9.17) is 4.74 Å². The summed E-state index contributed by atoms with van der Waals surface area (Å²) in [6.07, 6.45) is 1.72. The number of amides is 2. The number of aryl methyl sites for hydroxylation is 1. The molecule has 1 aliphatic heterocycles. The number of aliphatic imine (C=N–C) groups is 1. The van der Waals surface area contributed by atoms with Crippen LogP contribution in [-0.4, -0.2) is 40.8 Å². The molecule has 0 aromatic heterocycles. The fourth-order valence-electron chi connectivity index (χ4n) is 2.92. The third-order valence-electron chi connectivity index (χ3n) is 4.28. The minimum Gasteiger partial charge on any atom is -0.497 e. The van der Waals surface area contributed by atoms with E-state index in [0.717, 1.165) is 11.3 Å². The van der Waals surface area contributed by atoms with Crippen LogP contribution in [0.4, 0.5) is 11.4 Å². The van der Waals surface area contributed by atoms with Crippen LogP contribution in [0, 0.1) is 6.92 Å². The number of anilines is 1. The number of benzene rings is 2. The predicted molar refractivity (Wildman–Crippen MR) is 118 cm³/mol. The number of nitrogens with zero attached hydrogens (tertiary/aromatic N) is 2. The monoisotopic (exact) mass is 409 g/mol. The van der Waals surface area contributed by atoms with Crippen molar-refractivity contribution in [1.29, 1.82) is 0 Å². The first kappa shape index (κ1) is 20.7.